The van der Waals surface area contributed by atoms with Crippen LogP contribution in [0, 0.1) is 0 Å². The molecular formula is C31H36N2O7. The summed E-state index contributed by atoms with van der Waals surface area (Å²) in [6, 6.07) is 20.2. The lowest BCUT2D eigenvalue weighted by molar-refractivity contribution is -0.163. The third-order valence-corrected chi connectivity index (χ3v) is 6.82. The SMILES string of the molecule is COc1ccnc(C(=O)NC2CCCC(Oc3ccccc3)C(OCCCc3ccccc3)C(C)OC2=O)c1O. The van der Waals surface area contributed by atoms with Gasteiger partial charge in [0.1, 0.15) is 30.1 Å². The lowest BCUT2D eigenvalue weighted by atomic mass is 10.0. The molecular weight excluding hydrogens is 512 g/mol. The van der Waals surface area contributed by atoms with Gasteiger partial charge in [0.25, 0.3) is 5.91 Å². The van der Waals surface area contributed by atoms with Gasteiger partial charge in [0.05, 0.1) is 7.11 Å². The fraction of sp³-hybridized carbons (Fsp3) is 0.387. The molecule has 4 rings (SSSR count). The zero-order valence-electron chi connectivity index (χ0n) is 22.8. The van der Waals surface area contributed by atoms with E-state index in [1.807, 2.05) is 48.5 Å². The zero-order valence-corrected chi connectivity index (χ0v) is 22.8. The predicted molar refractivity (Wildman–Crippen MR) is 148 cm³/mol. The molecule has 4 atom stereocenters. The van der Waals surface area contributed by atoms with Crippen molar-refractivity contribution in [3.8, 4) is 17.2 Å². The molecule has 0 radical (unpaired) electrons. The summed E-state index contributed by atoms with van der Waals surface area (Å²) in [4.78, 5) is 30.1. The molecule has 9 nitrogen and oxygen atoms in total. The first-order valence-corrected chi connectivity index (χ1v) is 13.6. The monoisotopic (exact) mass is 548 g/mol. The van der Waals surface area contributed by atoms with E-state index in [-0.39, 0.29) is 17.5 Å². The lowest BCUT2D eigenvalue weighted by Gasteiger charge is -2.31. The highest BCUT2D eigenvalue weighted by atomic mass is 16.6. The Labute approximate surface area is 234 Å². The summed E-state index contributed by atoms with van der Waals surface area (Å²) in [6.45, 7) is 2.25. The zero-order chi connectivity index (χ0) is 28.3. The highest BCUT2D eigenvalue weighted by Crippen LogP contribution is 2.28. The number of hydrogen-bond donors (Lipinski definition) is 2. The number of hydrogen-bond acceptors (Lipinski definition) is 8. The Kier molecular flexibility index (Phi) is 10.3. The number of ether oxygens (including phenoxy) is 4. The van der Waals surface area contributed by atoms with Crippen molar-refractivity contribution in [2.24, 2.45) is 0 Å². The number of benzene rings is 2. The molecule has 212 valence electrons. The number of nitrogens with zero attached hydrogens (tertiary/aromatic N) is 1. The molecule has 1 aromatic heterocycles. The molecule has 2 heterocycles. The van der Waals surface area contributed by atoms with E-state index < -0.39 is 35.9 Å². The largest absolute Gasteiger partial charge is 0.503 e. The topological polar surface area (TPSA) is 116 Å². The molecule has 1 fully saturated rings. The van der Waals surface area contributed by atoms with Crippen molar-refractivity contribution >= 4 is 11.9 Å². The van der Waals surface area contributed by atoms with E-state index in [9.17, 15) is 14.7 Å². The van der Waals surface area contributed by atoms with Crippen LogP contribution in [0.3, 0.4) is 0 Å². The van der Waals surface area contributed by atoms with Crippen LogP contribution < -0.4 is 14.8 Å². The van der Waals surface area contributed by atoms with Gasteiger partial charge in [-0.05, 0) is 56.7 Å². The number of esters is 1. The second kappa shape index (κ2) is 14.3. The van der Waals surface area contributed by atoms with Crippen molar-refractivity contribution in [3.05, 3.63) is 84.2 Å². The Balaban J connectivity index is 1.46. The maximum absolute atomic E-state index is 13.2. The first-order chi connectivity index (χ1) is 19.5. The number of methoxy groups -OCH3 is 1. The predicted octanol–water partition coefficient (Wildman–Crippen LogP) is 4.48. The molecule has 1 saturated heterocycles. The quantitative estimate of drug-likeness (QED) is 0.282. The number of carbonyl (C=O) groups is 2. The fourth-order valence-electron chi connectivity index (χ4n) is 4.75. The number of aryl methyl sites for hydroxylation is 1. The summed E-state index contributed by atoms with van der Waals surface area (Å²) in [6.07, 6.45) is 2.94. The lowest BCUT2D eigenvalue weighted by Crippen LogP contribution is -2.46. The summed E-state index contributed by atoms with van der Waals surface area (Å²) in [5.74, 6) is -0.864. The molecule has 0 bridgehead atoms. The van der Waals surface area contributed by atoms with Crippen LogP contribution in [-0.4, -0.2) is 60.0 Å². The Morgan fingerprint density at radius 2 is 1.80 bits per heavy atom. The Morgan fingerprint density at radius 1 is 1.07 bits per heavy atom. The number of amides is 1. The summed E-state index contributed by atoms with van der Waals surface area (Å²) in [7, 11) is 1.38. The van der Waals surface area contributed by atoms with Gasteiger partial charge in [-0.25, -0.2) is 9.78 Å². The van der Waals surface area contributed by atoms with Gasteiger partial charge in [0.2, 0.25) is 0 Å². The van der Waals surface area contributed by atoms with Crippen LogP contribution in [0.1, 0.15) is 48.7 Å². The van der Waals surface area contributed by atoms with Crippen LogP contribution >= 0.6 is 0 Å². The highest BCUT2D eigenvalue weighted by molar-refractivity contribution is 5.97. The van der Waals surface area contributed by atoms with E-state index >= 15 is 0 Å². The number of rotatable bonds is 10. The van der Waals surface area contributed by atoms with Gasteiger partial charge in [-0.15, -0.1) is 0 Å². The van der Waals surface area contributed by atoms with Crippen LogP contribution in [0.25, 0.3) is 0 Å². The summed E-state index contributed by atoms with van der Waals surface area (Å²) in [5.41, 5.74) is 0.997. The number of aromatic nitrogens is 1. The molecule has 4 unspecified atom stereocenters. The second-order valence-corrected chi connectivity index (χ2v) is 9.70. The molecule has 2 aromatic carbocycles. The average Bonchev–Trinajstić information content (AvgIpc) is 3.01. The Hall–Kier alpha value is -4.11. The number of carbonyl (C=O) groups excluding carboxylic acids is 2. The van der Waals surface area contributed by atoms with Crippen LogP contribution in [-0.2, 0) is 20.7 Å². The molecule has 9 heteroatoms. The van der Waals surface area contributed by atoms with Crippen LogP contribution in [0.5, 0.6) is 17.2 Å². The van der Waals surface area contributed by atoms with Gasteiger partial charge in [0.15, 0.2) is 17.2 Å². The minimum Gasteiger partial charge on any atom is -0.503 e. The van der Waals surface area contributed by atoms with Crippen molar-refractivity contribution < 1.29 is 33.6 Å². The van der Waals surface area contributed by atoms with Crippen molar-refractivity contribution in [2.75, 3.05) is 13.7 Å². The summed E-state index contributed by atoms with van der Waals surface area (Å²) < 4.78 is 23.6. The molecule has 1 aliphatic heterocycles. The van der Waals surface area contributed by atoms with E-state index in [1.54, 1.807) is 6.92 Å². The number of aromatic hydroxyl groups is 1. The summed E-state index contributed by atoms with van der Waals surface area (Å²) in [5, 5.41) is 13.0. The Bertz CT molecular complexity index is 1240. The average molecular weight is 549 g/mol. The van der Waals surface area contributed by atoms with Crippen LogP contribution in [0.4, 0.5) is 0 Å². The minimum absolute atomic E-state index is 0.110. The molecule has 0 aliphatic carbocycles. The molecule has 3 aromatic rings. The molecule has 2 N–H and O–H groups in total. The van der Waals surface area contributed by atoms with Crippen molar-refractivity contribution in [2.45, 2.75) is 63.4 Å². The van der Waals surface area contributed by atoms with E-state index in [0.717, 1.165) is 12.8 Å². The van der Waals surface area contributed by atoms with Crippen molar-refractivity contribution in [1.82, 2.24) is 10.3 Å². The first kappa shape index (κ1) is 28.9. The first-order valence-electron chi connectivity index (χ1n) is 13.6. The standard InChI is InChI=1S/C31H36N2O7/c1-21-29(38-20-10-13-22-11-5-3-6-12-22)26(40-23-14-7-4-8-15-23)17-9-16-24(31(36)39-21)33-30(35)27-28(34)25(37-2)18-19-32-27/h3-8,11-12,14-15,18-19,21,24,26,29,34H,9-10,13,16-17,20H2,1-2H3,(H,33,35). The van der Waals surface area contributed by atoms with E-state index in [1.165, 1.54) is 24.9 Å². The van der Waals surface area contributed by atoms with Gasteiger partial charge >= 0.3 is 5.97 Å². The highest BCUT2D eigenvalue weighted by Gasteiger charge is 2.36. The number of nitrogens with one attached hydrogen (secondary N) is 1. The van der Waals surface area contributed by atoms with Gasteiger partial charge < -0.3 is 29.4 Å². The van der Waals surface area contributed by atoms with Crippen molar-refractivity contribution in [3.63, 3.8) is 0 Å². The minimum atomic E-state index is -0.934. The molecule has 1 amide bonds. The third kappa shape index (κ3) is 7.72. The fourth-order valence-corrected chi connectivity index (χ4v) is 4.75. The Morgan fingerprint density at radius 3 is 2.52 bits per heavy atom. The van der Waals surface area contributed by atoms with Gasteiger partial charge in [-0.2, -0.15) is 0 Å². The maximum atomic E-state index is 13.2. The number of cyclic esters (lactones) is 1. The van der Waals surface area contributed by atoms with E-state index in [2.05, 4.69) is 22.4 Å². The number of para-hydroxylation sites is 1. The van der Waals surface area contributed by atoms with Gasteiger partial charge in [0, 0.05) is 18.9 Å². The molecule has 0 spiro atoms. The molecule has 0 saturated carbocycles. The smallest absolute Gasteiger partial charge is 0.329 e. The van der Waals surface area contributed by atoms with E-state index in [4.69, 9.17) is 18.9 Å². The summed E-state index contributed by atoms with van der Waals surface area (Å²) >= 11 is 0. The van der Waals surface area contributed by atoms with Gasteiger partial charge in [-0.3, -0.25) is 4.79 Å². The molecule has 40 heavy (non-hydrogen) atoms. The number of pyridine rings is 1. The van der Waals surface area contributed by atoms with Crippen LogP contribution in [0.15, 0.2) is 72.9 Å². The van der Waals surface area contributed by atoms with E-state index in [0.29, 0.717) is 31.6 Å². The maximum Gasteiger partial charge on any atom is 0.329 e. The molecule has 1 aliphatic rings. The van der Waals surface area contributed by atoms with Gasteiger partial charge in [-0.1, -0.05) is 48.5 Å². The third-order valence-electron chi connectivity index (χ3n) is 6.82. The van der Waals surface area contributed by atoms with Crippen LogP contribution in [0.2, 0.25) is 0 Å². The second-order valence-electron chi connectivity index (χ2n) is 9.70. The van der Waals surface area contributed by atoms with Crippen molar-refractivity contribution in [1.29, 1.82) is 0 Å². The normalized spacial score (nSPS) is 21.3.